The second-order valence-corrected chi connectivity index (χ2v) is 3.96. The van der Waals surface area contributed by atoms with Crippen LogP contribution in [0.25, 0.3) is 6.08 Å². The molecule has 2 amide bonds. The summed E-state index contributed by atoms with van der Waals surface area (Å²) >= 11 is 0.872. The monoisotopic (exact) mass is 221 g/mol. The fourth-order valence-electron chi connectivity index (χ4n) is 1.14. The average Bonchev–Trinajstić information content (AvgIpc) is 2.49. The lowest BCUT2D eigenvalue weighted by Crippen LogP contribution is -2.17. The van der Waals surface area contributed by atoms with Gasteiger partial charge >= 0.3 is 0 Å². The zero-order valence-electron chi connectivity index (χ0n) is 7.56. The van der Waals surface area contributed by atoms with Crippen LogP contribution in [0.4, 0.5) is 4.79 Å². The highest BCUT2D eigenvalue weighted by atomic mass is 32.2. The Labute approximate surface area is 90.0 Å². The van der Waals surface area contributed by atoms with Crippen LogP contribution in [0.1, 0.15) is 5.56 Å². The lowest BCUT2D eigenvalue weighted by atomic mass is 10.2. The number of nitrogens with one attached hydrogen (secondary N) is 1. The zero-order chi connectivity index (χ0) is 10.8. The van der Waals surface area contributed by atoms with E-state index in [9.17, 15) is 9.59 Å². The van der Waals surface area contributed by atoms with E-state index in [-0.39, 0.29) is 16.9 Å². The zero-order valence-corrected chi connectivity index (χ0v) is 8.38. The summed E-state index contributed by atoms with van der Waals surface area (Å²) < 4.78 is 0. The molecular formula is C10H7NO3S. The molecule has 0 saturated carbocycles. The van der Waals surface area contributed by atoms with Gasteiger partial charge in [-0.25, -0.2) is 0 Å². The van der Waals surface area contributed by atoms with Gasteiger partial charge in [0, 0.05) is 0 Å². The number of hydrogen-bond donors (Lipinski definition) is 2. The van der Waals surface area contributed by atoms with Gasteiger partial charge < -0.3 is 5.11 Å². The number of benzene rings is 1. The number of amides is 2. The summed E-state index contributed by atoms with van der Waals surface area (Å²) in [6.07, 6.45) is 1.60. The number of thioether (sulfide) groups is 1. The molecule has 1 heterocycles. The molecule has 76 valence electrons. The van der Waals surface area contributed by atoms with Crippen LogP contribution in [0.5, 0.6) is 5.75 Å². The molecule has 1 aliphatic heterocycles. The normalized spacial score (nSPS) is 18.3. The lowest BCUT2D eigenvalue weighted by Gasteiger charge is -1.95. The molecule has 5 heteroatoms. The molecule has 0 unspecified atom stereocenters. The van der Waals surface area contributed by atoms with E-state index in [0.717, 1.165) is 17.3 Å². The molecule has 2 N–H and O–H groups in total. The third-order valence-electron chi connectivity index (χ3n) is 1.83. The van der Waals surface area contributed by atoms with Crippen molar-refractivity contribution in [1.82, 2.24) is 5.32 Å². The molecule has 0 aromatic heterocycles. The first-order valence-corrected chi connectivity index (χ1v) is 5.01. The summed E-state index contributed by atoms with van der Waals surface area (Å²) in [5.41, 5.74) is 0.764. The smallest absolute Gasteiger partial charge is 0.290 e. The van der Waals surface area contributed by atoms with Crippen LogP contribution < -0.4 is 5.32 Å². The fraction of sp³-hybridized carbons (Fsp3) is 0. The molecule has 0 aliphatic carbocycles. The van der Waals surface area contributed by atoms with Crippen molar-refractivity contribution in [3.8, 4) is 5.75 Å². The third-order valence-corrected chi connectivity index (χ3v) is 2.64. The first-order valence-electron chi connectivity index (χ1n) is 4.19. The van der Waals surface area contributed by atoms with Gasteiger partial charge in [-0.3, -0.25) is 14.9 Å². The summed E-state index contributed by atoms with van der Waals surface area (Å²) in [6, 6.07) is 6.37. The summed E-state index contributed by atoms with van der Waals surface area (Å²) in [4.78, 5) is 22.4. The van der Waals surface area contributed by atoms with E-state index < -0.39 is 0 Å². The standard InChI is InChI=1S/C10H7NO3S/c12-7-3-1-6(2-4-7)5-8-9(13)11-10(14)15-8/h1-5,12H,(H,11,13,14). The Balaban J connectivity index is 2.27. The lowest BCUT2D eigenvalue weighted by molar-refractivity contribution is -0.115. The van der Waals surface area contributed by atoms with E-state index in [1.165, 1.54) is 12.1 Å². The minimum absolute atomic E-state index is 0.164. The quantitative estimate of drug-likeness (QED) is 0.708. The SMILES string of the molecule is O=C1NC(=O)C(=Cc2ccc(O)cc2)S1. The molecular weight excluding hydrogens is 214 g/mol. The molecule has 0 bridgehead atoms. The molecule has 0 radical (unpaired) electrons. The van der Waals surface area contributed by atoms with E-state index in [1.54, 1.807) is 18.2 Å². The topological polar surface area (TPSA) is 66.4 Å². The second kappa shape index (κ2) is 3.78. The number of imide groups is 1. The van der Waals surface area contributed by atoms with Crippen LogP contribution >= 0.6 is 11.8 Å². The van der Waals surface area contributed by atoms with Crippen LogP contribution in [0.2, 0.25) is 0 Å². The van der Waals surface area contributed by atoms with Crippen molar-refractivity contribution in [1.29, 1.82) is 0 Å². The van der Waals surface area contributed by atoms with E-state index in [0.29, 0.717) is 4.91 Å². The summed E-state index contributed by atoms with van der Waals surface area (Å²) in [6.45, 7) is 0. The van der Waals surface area contributed by atoms with Crippen molar-refractivity contribution < 1.29 is 14.7 Å². The van der Waals surface area contributed by atoms with E-state index in [4.69, 9.17) is 5.11 Å². The summed E-state index contributed by atoms with van der Waals surface area (Å²) in [5, 5.41) is 10.9. The van der Waals surface area contributed by atoms with Crippen molar-refractivity contribution in [2.45, 2.75) is 0 Å². The molecule has 15 heavy (non-hydrogen) atoms. The van der Waals surface area contributed by atoms with Crippen molar-refractivity contribution >= 4 is 29.0 Å². The number of phenolic OH excluding ortho intramolecular Hbond substituents is 1. The highest BCUT2D eigenvalue weighted by Crippen LogP contribution is 2.25. The van der Waals surface area contributed by atoms with Crippen LogP contribution in [0.15, 0.2) is 29.2 Å². The fourth-order valence-corrected chi connectivity index (χ4v) is 1.83. The van der Waals surface area contributed by atoms with E-state index in [1.807, 2.05) is 0 Å². The summed E-state index contributed by atoms with van der Waals surface area (Å²) in [7, 11) is 0. The van der Waals surface area contributed by atoms with Gasteiger partial charge in [0.15, 0.2) is 0 Å². The molecule has 1 fully saturated rings. The number of carbonyl (C=O) groups excluding carboxylic acids is 2. The van der Waals surface area contributed by atoms with Gasteiger partial charge in [-0.2, -0.15) is 0 Å². The van der Waals surface area contributed by atoms with Crippen molar-refractivity contribution in [3.05, 3.63) is 34.7 Å². The van der Waals surface area contributed by atoms with Crippen LogP contribution in [-0.4, -0.2) is 16.3 Å². The maximum absolute atomic E-state index is 11.2. The first kappa shape index (κ1) is 9.79. The predicted molar refractivity (Wildman–Crippen MR) is 57.2 cm³/mol. The maximum Gasteiger partial charge on any atom is 0.290 e. The minimum Gasteiger partial charge on any atom is -0.508 e. The Morgan fingerprint density at radius 3 is 2.40 bits per heavy atom. The molecule has 0 spiro atoms. The number of carbonyl (C=O) groups is 2. The molecule has 1 aromatic rings. The average molecular weight is 221 g/mol. The highest BCUT2D eigenvalue weighted by molar-refractivity contribution is 8.18. The Bertz CT molecular complexity index is 450. The molecule has 4 nitrogen and oxygen atoms in total. The number of rotatable bonds is 1. The van der Waals surface area contributed by atoms with Crippen LogP contribution in [-0.2, 0) is 4.79 Å². The molecule has 1 aromatic carbocycles. The Morgan fingerprint density at radius 2 is 1.87 bits per heavy atom. The Morgan fingerprint density at radius 1 is 1.20 bits per heavy atom. The van der Waals surface area contributed by atoms with Crippen LogP contribution in [0, 0.1) is 0 Å². The van der Waals surface area contributed by atoms with Gasteiger partial charge in [0.1, 0.15) is 5.75 Å². The number of phenols is 1. The highest BCUT2D eigenvalue weighted by Gasteiger charge is 2.24. The van der Waals surface area contributed by atoms with E-state index in [2.05, 4.69) is 5.32 Å². The maximum atomic E-state index is 11.2. The van der Waals surface area contributed by atoms with Gasteiger partial charge in [-0.15, -0.1) is 0 Å². The molecule has 2 rings (SSSR count). The van der Waals surface area contributed by atoms with Gasteiger partial charge in [-0.05, 0) is 35.5 Å². The number of aromatic hydroxyl groups is 1. The predicted octanol–water partition coefficient (Wildman–Crippen LogP) is 1.72. The van der Waals surface area contributed by atoms with Gasteiger partial charge in [-0.1, -0.05) is 12.1 Å². The van der Waals surface area contributed by atoms with Crippen molar-refractivity contribution in [2.75, 3.05) is 0 Å². The largest absolute Gasteiger partial charge is 0.508 e. The number of hydrogen-bond acceptors (Lipinski definition) is 4. The van der Waals surface area contributed by atoms with Crippen LogP contribution in [0.3, 0.4) is 0 Å². The molecule has 1 aliphatic rings. The van der Waals surface area contributed by atoms with Gasteiger partial charge in [0.25, 0.3) is 11.1 Å². The van der Waals surface area contributed by atoms with Gasteiger partial charge in [0.2, 0.25) is 0 Å². The van der Waals surface area contributed by atoms with Crippen molar-refractivity contribution in [2.24, 2.45) is 0 Å². The third kappa shape index (κ3) is 2.19. The Hall–Kier alpha value is -1.75. The van der Waals surface area contributed by atoms with E-state index >= 15 is 0 Å². The van der Waals surface area contributed by atoms with Gasteiger partial charge in [0.05, 0.1) is 4.91 Å². The van der Waals surface area contributed by atoms with Crippen molar-refractivity contribution in [3.63, 3.8) is 0 Å². The molecule has 0 atom stereocenters. The summed E-state index contributed by atoms with van der Waals surface area (Å²) in [5.74, 6) is -0.213. The second-order valence-electron chi connectivity index (χ2n) is 2.94. The first-order chi connectivity index (χ1) is 7.15. The Kier molecular flexibility index (Phi) is 2.47. The minimum atomic E-state index is -0.377. The molecule has 1 saturated heterocycles.